The van der Waals surface area contributed by atoms with Gasteiger partial charge in [-0.05, 0) is 49.4 Å². The third kappa shape index (κ3) is 4.85. The van der Waals surface area contributed by atoms with Gasteiger partial charge in [-0.1, -0.05) is 24.6 Å². The van der Waals surface area contributed by atoms with E-state index in [1.54, 1.807) is 21.3 Å². The number of carbonyl (C=O) groups is 1. The second-order valence-electron chi connectivity index (χ2n) is 8.47. The number of fused-ring (bicyclic) bond motifs is 1. The van der Waals surface area contributed by atoms with Gasteiger partial charge in [-0.3, -0.25) is 4.79 Å². The molecule has 3 aromatic rings. The monoisotopic (exact) mass is 464 g/mol. The van der Waals surface area contributed by atoms with Crippen LogP contribution in [-0.2, 0) is 24.2 Å². The van der Waals surface area contributed by atoms with Crippen LogP contribution in [-0.4, -0.2) is 42.0 Å². The van der Waals surface area contributed by atoms with Gasteiger partial charge in [-0.15, -0.1) is 10.2 Å². The number of methoxy groups -OCH3 is 3. The highest BCUT2D eigenvalue weighted by Crippen LogP contribution is 2.40. The predicted molar refractivity (Wildman–Crippen MR) is 131 cm³/mol. The van der Waals surface area contributed by atoms with E-state index in [-0.39, 0.29) is 5.91 Å². The van der Waals surface area contributed by atoms with Gasteiger partial charge in [-0.25, -0.2) is 0 Å². The van der Waals surface area contributed by atoms with Crippen molar-refractivity contribution in [3.05, 3.63) is 47.3 Å². The second kappa shape index (κ2) is 10.6. The van der Waals surface area contributed by atoms with Gasteiger partial charge in [0.05, 0.1) is 21.3 Å². The van der Waals surface area contributed by atoms with Gasteiger partial charge in [-0.2, -0.15) is 0 Å². The largest absolute Gasteiger partial charge is 0.493 e. The minimum Gasteiger partial charge on any atom is -0.493 e. The third-order valence-electron chi connectivity index (χ3n) is 6.29. The lowest BCUT2D eigenvalue weighted by Gasteiger charge is -2.16. The molecule has 34 heavy (non-hydrogen) atoms. The van der Waals surface area contributed by atoms with Crippen molar-refractivity contribution in [2.45, 2.75) is 52.0 Å². The lowest BCUT2D eigenvalue weighted by molar-refractivity contribution is -0.116. The summed E-state index contributed by atoms with van der Waals surface area (Å²) in [6.45, 7) is 2.92. The van der Waals surface area contributed by atoms with Crippen LogP contribution in [0.15, 0.2) is 30.3 Å². The zero-order valence-electron chi connectivity index (χ0n) is 20.3. The first-order valence-electron chi connectivity index (χ1n) is 11.7. The Kier molecular flexibility index (Phi) is 7.35. The standard InChI is InChI=1S/C26H32N4O4/c1-17-9-10-19(26-29-28-22-8-6-5-7-15-30(22)26)16-20(17)27-23(31)14-12-18-11-13-21(32-2)25(34-4)24(18)33-3/h9-11,13,16H,5-8,12,14-15H2,1-4H3,(H,27,31). The van der Waals surface area contributed by atoms with Gasteiger partial charge in [0.2, 0.25) is 11.7 Å². The van der Waals surface area contributed by atoms with Crippen molar-refractivity contribution in [1.29, 1.82) is 0 Å². The first-order valence-corrected chi connectivity index (χ1v) is 11.7. The van der Waals surface area contributed by atoms with Gasteiger partial charge in [0.1, 0.15) is 5.82 Å². The molecule has 1 aliphatic rings. The highest BCUT2D eigenvalue weighted by Gasteiger charge is 2.19. The Morgan fingerprint density at radius 1 is 1.00 bits per heavy atom. The normalized spacial score (nSPS) is 13.1. The van der Waals surface area contributed by atoms with E-state index in [1.165, 1.54) is 6.42 Å². The second-order valence-corrected chi connectivity index (χ2v) is 8.47. The minimum absolute atomic E-state index is 0.0721. The summed E-state index contributed by atoms with van der Waals surface area (Å²) in [6, 6.07) is 9.77. The van der Waals surface area contributed by atoms with Crippen LogP contribution in [0.3, 0.4) is 0 Å². The molecule has 4 rings (SSSR count). The van der Waals surface area contributed by atoms with Crippen LogP contribution in [0.2, 0.25) is 0 Å². The molecule has 0 unspecified atom stereocenters. The van der Waals surface area contributed by atoms with Gasteiger partial charge >= 0.3 is 0 Å². The van der Waals surface area contributed by atoms with Gasteiger partial charge in [0, 0.05) is 30.6 Å². The molecule has 1 aromatic heterocycles. The fourth-order valence-corrected chi connectivity index (χ4v) is 4.42. The quantitative estimate of drug-likeness (QED) is 0.525. The molecule has 0 spiro atoms. The molecule has 8 nitrogen and oxygen atoms in total. The molecular weight excluding hydrogens is 432 g/mol. The van der Waals surface area contributed by atoms with Crippen molar-refractivity contribution in [2.24, 2.45) is 0 Å². The van der Waals surface area contributed by atoms with Crippen molar-refractivity contribution < 1.29 is 19.0 Å². The Hall–Kier alpha value is -3.55. The summed E-state index contributed by atoms with van der Waals surface area (Å²) in [4.78, 5) is 12.9. The molecule has 0 atom stereocenters. The molecular formula is C26H32N4O4. The van der Waals surface area contributed by atoms with E-state index in [0.29, 0.717) is 30.1 Å². The predicted octanol–water partition coefficient (Wildman–Crippen LogP) is 4.58. The number of nitrogens with one attached hydrogen (secondary N) is 1. The van der Waals surface area contributed by atoms with Gasteiger partial charge in [0.15, 0.2) is 17.3 Å². The molecule has 0 saturated carbocycles. The minimum atomic E-state index is -0.0721. The summed E-state index contributed by atoms with van der Waals surface area (Å²) >= 11 is 0. The number of anilines is 1. The smallest absolute Gasteiger partial charge is 0.224 e. The number of carbonyl (C=O) groups excluding carboxylic acids is 1. The van der Waals surface area contributed by atoms with E-state index >= 15 is 0 Å². The van der Waals surface area contributed by atoms with Crippen LogP contribution in [0, 0.1) is 6.92 Å². The third-order valence-corrected chi connectivity index (χ3v) is 6.29. The summed E-state index contributed by atoms with van der Waals surface area (Å²) in [6.07, 6.45) is 5.26. The van der Waals surface area contributed by atoms with Crippen LogP contribution in [0.1, 0.15) is 42.6 Å². The molecule has 0 radical (unpaired) electrons. The molecule has 1 amide bonds. The van der Waals surface area contributed by atoms with Crippen LogP contribution < -0.4 is 19.5 Å². The maximum atomic E-state index is 12.9. The number of rotatable bonds is 8. The summed E-state index contributed by atoms with van der Waals surface area (Å²) in [7, 11) is 4.74. The number of hydrogen-bond donors (Lipinski definition) is 1. The number of ether oxygens (including phenoxy) is 3. The fraction of sp³-hybridized carbons (Fsp3) is 0.423. The van der Waals surface area contributed by atoms with Crippen LogP contribution in [0.25, 0.3) is 11.4 Å². The Morgan fingerprint density at radius 3 is 2.59 bits per heavy atom. The summed E-state index contributed by atoms with van der Waals surface area (Å²) in [5, 5.41) is 11.9. The average Bonchev–Trinajstić information content (AvgIpc) is 3.11. The molecule has 1 N–H and O–H groups in total. The Morgan fingerprint density at radius 2 is 1.82 bits per heavy atom. The number of aromatic nitrogens is 3. The molecule has 1 aliphatic heterocycles. The Balaban J connectivity index is 1.49. The summed E-state index contributed by atoms with van der Waals surface area (Å²) in [5.74, 6) is 3.53. The van der Waals surface area contributed by atoms with E-state index in [4.69, 9.17) is 14.2 Å². The zero-order valence-corrected chi connectivity index (χ0v) is 20.3. The Bertz CT molecular complexity index is 1170. The van der Waals surface area contributed by atoms with Gasteiger partial charge in [0.25, 0.3) is 0 Å². The molecule has 8 heteroatoms. The molecule has 0 bridgehead atoms. The fourth-order valence-electron chi connectivity index (χ4n) is 4.42. The average molecular weight is 465 g/mol. The number of hydrogen-bond acceptors (Lipinski definition) is 6. The maximum absolute atomic E-state index is 12.9. The van der Waals surface area contributed by atoms with Crippen molar-refractivity contribution in [3.63, 3.8) is 0 Å². The van der Waals surface area contributed by atoms with E-state index in [1.807, 2.05) is 37.3 Å². The van der Waals surface area contributed by atoms with Crippen LogP contribution in [0.4, 0.5) is 5.69 Å². The highest BCUT2D eigenvalue weighted by atomic mass is 16.5. The number of benzene rings is 2. The maximum Gasteiger partial charge on any atom is 0.224 e. The highest BCUT2D eigenvalue weighted by molar-refractivity contribution is 5.92. The molecule has 0 fully saturated rings. The first-order chi connectivity index (χ1) is 16.5. The number of aryl methyl sites for hydroxylation is 3. The molecule has 0 aliphatic carbocycles. The van der Waals surface area contributed by atoms with Crippen LogP contribution >= 0.6 is 0 Å². The molecule has 0 saturated heterocycles. The molecule has 2 aromatic carbocycles. The number of amides is 1. The summed E-state index contributed by atoms with van der Waals surface area (Å²) < 4.78 is 18.5. The van der Waals surface area contributed by atoms with Crippen LogP contribution in [0.5, 0.6) is 17.2 Å². The lowest BCUT2D eigenvalue weighted by Crippen LogP contribution is -2.14. The van der Waals surface area contributed by atoms with E-state index < -0.39 is 0 Å². The van der Waals surface area contributed by atoms with Crippen molar-refractivity contribution in [2.75, 3.05) is 26.6 Å². The lowest BCUT2D eigenvalue weighted by atomic mass is 10.1. The number of nitrogens with zero attached hydrogens (tertiary/aromatic N) is 3. The molecule has 180 valence electrons. The van der Waals surface area contributed by atoms with Crippen molar-refractivity contribution in [1.82, 2.24) is 14.8 Å². The van der Waals surface area contributed by atoms with E-state index in [9.17, 15) is 4.79 Å². The SMILES string of the molecule is COc1ccc(CCC(=O)Nc2cc(-c3nnc4n3CCCCC4)ccc2C)c(OC)c1OC. The first kappa shape index (κ1) is 23.6. The zero-order chi connectivity index (χ0) is 24.1. The topological polar surface area (TPSA) is 87.5 Å². The molecule has 2 heterocycles. The van der Waals surface area contributed by atoms with Crippen molar-refractivity contribution in [3.8, 4) is 28.6 Å². The van der Waals surface area contributed by atoms with Crippen molar-refractivity contribution >= 4 is 11.6 Å². The van der Waals surface area contributed by atoms with E-state index in [2.05, 4.69) is 20.1 Å². The summed E-state index contributed by atoms with van der Waals surface area (Å²) in [5.41, 5.74) is 3.62. The Labute approximate surface area is 200 Å². The van der Waals surface area contributed by atoms with E-state index in [0.717, 1.165) is 59.8 Å². The van der Waals surface area contributed by atoms with Gasteiger partial charge < -0.3 is 24.1 Å².